The SMILES string of the molecule is FC(F)(F)[Si]1(C(F)(F)F)O[Si](C(F)(F)F)(C(F)(F)F)O[Si](C(F)(F)F)(C(F)(F)F)O[Si](C(F)(F)F)(C(F)(F)F)O1. The van der Waals surface area contributed by atoms with Crippen molar-refractivity contribution in [2.24, 2.45) is 0 Å². The van der Waals surface area contributed by atoms with Crippen molar-refractivity contribution in [3.63, 3.8) is 0 Å². The Morgan fingerprint density at radius 1 is 0.200 bits per heavy atom. The summed E-state index contributed by atoms with van der Waals surface area (Å²) in [6.45, 7) is 0. The quantitative estimate of drug-likeness (QED) is 0.207. The molecule has 0 saturated carbocycles. The summed E-state index contributed by atoms with van der Waals surface area (Å²) in [4.78, 5) is 0. The first-order valence-electron chi connectivity index (χ1n) is 8.17. The summed E-state index contributed by atoms with van der Waals surface area (Å²) < 4.78 is 329. The van der Waals surface area contributed by atoms with E-state index in [1.54, 1.807) is 16.5 Å². The molecule has 0 atom stereocenters. The van der Waals surface area contributed by atoms with Crippen molar-refractivity contribution < 1.29 is 122 Å². The maximum absolute atomic E-state index is 13.4. The van der Waals surface area contributed by atoms with E-state index in [0.717, 1.165) is 0 Å². The molecule has 0 bridgehead atoms. The molecule has 1 aliphatic heterocycles. The average Bonchev–Trinajstić information content (AvgIpc) is 2.52. The third-order valence-corrected chi connectivity index (χ3v) is 19.3. The van der Waals surface area contributed by atoms with E-state index >= 15 is 0 Å². The highest BCUT2D eigenvalue weighted by atomic mass is 28.5. The molecule has 0 aromatic heterocycles. The summed E-state index contributed by atoms with van der Waals surface area (Å²) in [7, 11) is -43.1. The van der Waals surface area contributed by atoms with E-state index in [1.807, 2.05) is 0 Å². The van der Waals surface area contributed by atoms with Gasteiger partial charge in [-0.2, -0.15) is 105 Å². The summed E-state index contributed by atoms with van der Waals surface area (Å²) in [5.74, 6) is -67.3. The van der Waals surface area contributed by atoms with Crippen molar-refractivity contribution in [2.75, 3.05) is 0 Å². The van der Waals surface area contributed by atoms with Crippen LogP contribution in [0, 0.1) is 0 Å². The second-order valence-electron chi connectivity index (χ2n) is 6.86. The highest BCUT2D eigenvalue weighted by Gasteiger charge is 3.01. The van der Waals surface area contributed by atoms with Crippen molar-refractivity contribution in [1.29, 1.82) is 0 Å². The van der Waals surface area contributed by atoms with Gasteiger partial charge in [0.15, 0.2) is 0 Å². The molecule has 0 aromatic rings. The first-order chi connectivity index (χ1) is 16.8. The van der Waals surface area contributed by atoms with Crippen LogP contribution in [-0.2, 0) is 16.5 Å². The van der Waals surface area contributed by atoms with E-state index in [1.165, 1.54) is 0 Å². The molecule has 0 spiro atoms. The Morgan fingerprint density at radius 2 is 0.275 bits per heavy atom. The van der Waals surface area contributed by atoms with Crippen LogP contribution in [0.5, 0.6) is 0 Å². The van der Waals surface area contributed by atoms with Crippen LogP contribution in [0.15, 0.2) is 0 Å². The summed E-state index contributed by atoms with van der Waals surface area (Å²) in [5, 5.41) is 0. The second kappa shape index (κ2) is 9.26. The molecular weight excluding hydrogens is 728 g/mol. The van der Waals surface area contributed by atoms with Gasteiger partial charge in [-0.25, -0.2) is 0 Å². The van der Waals surface area contributed by atoms with Gasteiger partial charge >= 0.3 is 80.6 Å². The van der Waals surface area contributed by atoms with E-state index in [0.29, 0.717) is 0 Å². The van der Waals surface area contributed by atoms with Crippen LogP contribution < -0.4 is 0 Å². The zero-order valence-electron chi connectivity index (χ0n) is 16.7. The molecule has 0 amide bonds. The Balaban J connectivity index is 4.82. The molecule has 0 aromatic carbocycles. The van der Waals surface area contributed by atoms with Crippen LogP contribution in [0.2, 0.25) is 0 Å². The highest BCUT2D eigenvalue weighted by molar-refractivity contribution is 6.98. The minimum Gasteiger partial charge on any atom is -0.393 e. The standard InChI is InChI=1S/C8F24O4Si4/c9-1(10,11)37(2(12,13)14)33-38(3(15,16)17,4(18,19)20)35-40(7(27,28)29,8(30,31)32)36-39(34-37,5(21,22)23)6(24,25)26. The summed E-state index contributed by atoms with van der Waals surface area (Å²) >= 11 is 0. The Bertz CT molecular complexity index is 704. The smallest absolute Gasteiger partial charge is 0.393 e. The minimum atomic E-state index is -10.8. The Hall–Kier alpha value is -0.972. The van der Waals surface area contributed by atoms with E-state index in [9.17, 15) is 105 Å². The maximum Gasteiger partial charge on any atom is 0.557 e. The van der Waals surface area contributed by atoms with Gasteiger partial charge in [-0.3, -0.25) is 0 Å². The van der Waals surface area contributed by atoms with Crippen molar-refractivity contribution in [3.05, 3.63) is 0 Å². The summed E-state index contributed by atoms with van der Waals surface area (Å²) in [6.07, 6.45) is 0. The average molecular weight is 728 g/mol. The Kier molecular flexibility index (Phi) is 8.58. The first kappa shape index (κ1) is 37.1. The molecule has 40 heavy (non-hydrogen) atoms. The molecule has 0 N–H and O–H groups in total. The van der Waals surface area contributed by atoms with E-state index in [-0.39, 0.29) is 0 Å². The number of alkyl halides is 24. The lowest BCUT2D eigenvalue weighted by Crippen LogP contribution is -2.90. The van der Waals surface area contributed by atoms with E-state index < -0.39 is 80.6 Å². The normalized spacial score (nSPS) is 23.4. The van der Waals surface area contributed by atoms with Crippen molar-refractivity contribution in [1.82, 2.24) is 0 Å². The topological polar surface area (TPSA) is 36.9 Å². The van der Waals surface area contributed by atoms with Crippen molar-refractivity contribution >= 4 is 34.2 Å². The molecule has 32 heteroatoms. The fourth-order valence-corrected chi connectivity index (χ4v) is 19.8. The molecule has 1 rings (SSSR count). The van der Waals surface area contributed by atoms with Crippen LogP contribution in [0.1, 0.15) is 0 Å². The Morgan fingerprint density at radius 3 is 0.325 bits per heavy atom. The minimum absolute atomic E-state index is 1.74. The maximum atomic E-state index is 13.4. The lowest BCUT2D eigenvalue weighted by atomic mass is 11.5. The summed E-state index contributed by atoms with van der Waals surface area (Å²) in [6, 6.07) is 0. The predicted molar refractivity (Wildman–Crippen MR) is 75.8 cm³/mol. The second-order valence-corrected chi connectivity index (χ2v) is 19.6. The van der Waals surface area contributed by atoms with Crippen LogP contribution >= 0.6 is 0 Å². The van der Waals surface area contributed by atoms with Gasteiger partial charge in [0.05, 0.1) is 0 Å². The highest BCUT2D eigenvalue weighted by Crippen LogP contribution is 2.60. The molecular formula is C8F24O4Si4. The molecule has 240 valence electrons. The van der Waals surface area contributed by atoms with Crippen LogP contribution in [-0.4, -0.2) is 80.6 Å². The van der Waals surface area contributed by atoms with Gasteiger partial charge in [0, 0.05) is 0 Å². The summed E-state index contributed by atoms with van der Waals surface area (Å²) in [5.41, 5.74) is 0. The van der Waals surface area contributed by atoms with Gasteiger partial charge in [-0.05, 0) is 0 Å². The molecule has 1 saturated heterocycles. The number of hydrogen-bond acceptors (Lipinski definition) is 4. The molecule has 0 radical (unpaired) electrons. The van der Waals surface area contributed by atoms with Crippen LogP contribution in [0.4, 0.5) is 105 Å². The van der Waals surface area contributed by atoms with Gasteiger partial charge in [0.25, 0.3) is 0 Å². The fourth-order valence-electron chi connectivity index (χ4n) is 2.46. The zero-order chi connectivity index (χ0) is 32.8. The van der Waals surface area contributed by atoms with E-state index in [2.05, 4.69) is 0 Å². The monoisotopic (exact) mass is 728 g/mol. The van der Waals surface area contributed by atoms with Gasteiger partial charge < -0.3 is 16.5 Å². The first-order valence-corrected chi connectivity index (χ1v) is 15.4. The predicted octanol–water partition coefficient (Wildman–Crippen LogP) is 6.65. The largest absolute Gasteiger partial charge is 0.557 e. The van der Waals surface area contributed by atoms with Crippen molar-refractivity contribution in [2.45, 2.75) is 46.4 Å². The number of rotatable bonds is 0. The molecule has 1 aliphatic rings. The molecule has 0 unspecified atom stereocenters. The number of hydrogen-bond donors (Lipinski definition) is 0. The lowest BCUT2D eigenvalue weighted by molar-refractivity contribution is -0.215. The third kappa shape index (κ3) is 5.32. The lowest BCUT2D eigenvalue weighted by Gasteiger charge is -2.52. The van der Waals surface area contributed by atoms with Gasteiger partial charge in [-0.1, -0.05) is 0 Å². The fraction of sp³-hybridized carbons (Fsp3) is 1.00. The zero-order valence-corrected chi connectivity index (χ0v) is 20.7. The molecule has 0 aliphatic carbocycles. The van der Waals surface area contributed by atoms with Gasteiger partial charge in [0.2, 0.25) is 0 Å². The third-order valence-electron chi connectivity index (χ3n) is 4.14. The Labute approximate surface area is 203 Å². The van der Waals surface area contributed by atoms with Gasteiger partial charge in [-0.15, -0.1) is 0 Å². The van der Waals surface area contributed by atoms with Gasteiger partial charge in [0.1, 0.15) is 0 Å². The van der Waals surface area contributed by atoms with Crippen LogP contribution in [0.3, 0.4) is 0 Å². The number of halogens is 24. The van der Waals surface area contributed by atoms with Crippen molar-refractivity contribution in [3.8, 4) is 0 Å². The molecule has 1 heterocycles. The van der Waals surface area contributed by atoms with Crippen LogP contribution in [0.25, 0.3) is 0 Å². The van der Waals surface area contributed by atoms with E-state index in [4.69, 9.17) is 0 Å². The molecule has 1 fully saturated rings. The molecule has 4 nitrogen and oxygen atoms in total.